The largest absolute Gasteiger partial charge is 0.495 e. The second kappa shape index (κ2) is 10.6. The molecule has 0 fully saturated rings. The highest BCUT2D eigenvalue weighted by Gasteiger charge is 2.27. The second-order valence-electron chi connectivity index (χ2n) is 6.86. The van der Waals surface area contributed by atoms with E-state index in [1.165, 1.54) is 25.3 Å². The smallest absolute Gasteiger partial charge is 0.241 e. The van der Waals surface area contributed by atoms with E-state index in [-0.39, 0.29) is 28.3 Å². The van der Waals surface area contributed by atoms with Crippen molar-refractivity contribution in [3.63, 3.8) is 0 Å². The second-order valence-corrected chi connectivity index (χ2v) is 8.98. The van der Waals surface area contributed by atoms with Gasteiger partial charge in [-0.3, -0.25) is 4.79 Å². The lowest BCUT2D eigenvalue weighted by atomic mass is 10.1. The van der Waals surface area contributed by atoms with Crippen molar-refractivity contribution in [2.24, 2.45) is 0 Å². The van der Waals surface area contributed by atoms with Gasteiger partial charge in [0.25, 0.3) is 0 Å². The number of nitrogens with one attached hydrogen (secondary N) is 2. The van der Waals surface area contributed by atoms with Gasteiger partial charge in [-0.15, -0.1) is 0 Å². The Morgan fingerprint density at radius 3 is 2.45 bits per heavy atom. The summed E-state index contributed by atoms with van der Waals surface area (Å²) in [7, 11) is -2.52. The quantitative estimate of drug-likeness (QED) is 0.594. The van der Waals surface area contributed by atoms with E-state index in [4.69, 9.17) is 16.3 Å². The zero-order valence-corrected chi connectivity index (χ0v) is 18.4. The number of hydrogen-bond acceptors (Lipinski definition) is 4. The van der Waals surface area contributed by atoms with Gasteiger partial charge in [-0.1, -0.05) is 55.3 Å². The molecule has 2 N–H and O–H groups in total. The number of sulfonamides is 1. The van der Waals surface area contributed by atoms with E-state index in [1.807, 2.05) is 44.2 Å². The van der Waals surface area contributed by atoms with Crippen LogP contribution in [0.3, 0.4) is 0 Å². The average Bonchev–Trinajstić information content (AvgIpc) is 2.68. The van der Waals surface area contributed by atoms with Crippen LogP contribution in [-0.4, -0.2) is 33.5 Å². The Kier molecular flexibility index (Phi) is 8.49. The fourth-order valence-electron chi connectivity index (χ4n) is 2.96. The number of benzene rings is 2. The number of ether oxygens (including phenoxy) is 1. The van der Waals surface area contributed by atoms with Crippen LogP contribution < -0.4 is 14.8 Å². The molecule has 158 valence electrons. The molecule has 0 bridgehead atoms. The monoisotopic (exact) mass is 438 g/mol. The molecular weight excluding hydrogens is 412 g/mol. The molecule has 2 aromatic carbocycles. The van der Waals surface area contributed by atoms with Gasteiger partial charge in [0, 0.05) is 6.04 Å². The number of carbonyl (C=O) groups excluding carboxylic acids is 1. The first-order chi connectivity index (χ1) is 13.8. The maximum Gasteiger partial charge on any atom is 0.241 e. The highest BCUT2D eigenvalue weighted by Crippen LogP contribution is 2.27. The van der Waals surface area contributed by atoms with Crippen molar-refractivity contribution < 1.29 is 17.9 Å². The molecule has 0 aromatic heterocycles. The Morgan fingerprint density at radius 1 is 1.17 bits per heavy atom. The van der Waals surface area contributed by atoms with E-state index in [2.05, 4.69) is 10.0 Å². The summed E-state index contributed by atoms with van der Waals surface area (Å²) in [6.07, 6.45) is 1.96. The maximum absolute atomic E-state index is 12.9. The molecule has 2 atom stereocenters. The third kappa shape index (κ3) is 6.73. The molecule has 2 rings (SSSR count). The van der Waals surface area contributed by atoms with Crippen LogP contribution in [0.25, 0.3) is 0 Å². The van der Waals surface area contributed by atoms with Crippen molar-refractivity contribution in [3.05, 3.63) is 59.1 Å². The van der Waals surface area contributed by atoms with Crippen LogP contribution in [0.15, 0.2) is 53.4 Å². The molecule has 0 aliphatic carbocycles. The first-order valence-electron chi connectivity index (χ1n) is 9.47. The van der Waals surface area contributed by atoms with Crippen LogP contribution in [0.5, 0.6) is 5.75 Å². The van der Waals surface area contributed by atoms with Crippen LogP contribution in [0.4, 0.5) is 0 Å². The summed E-state index contributed by atoms with van der Waals surface area (Å²) in [6, 6.07) is 12.4. The van der Waals surface area contributed by atoms with E-state index in [1.54, 1.807) is 0 Å². The van der Waals surface area contributed by atoms with Gasteiger partial charge in [0.15, 0.2) is 0 Å². The van der Waals surface area contributed by atoms with E-state index < -0.39 is 16.1 Å². The van der Waals surface area contributed by atoms with Crippen LogP contribution in [0.2, 0.25) is 5.02 Å². The first-order valence-corrected chi connectivity index (χ1v) is 11.3. The highest BCUT2D eigenvalue weighted by molar-refractivity contribution is 7.89. The van der Waals surface area contributed by atoms with Gasteiger partial charge in [-0.25, -0.2) is 8.42 Å². The Hall–Kier alpha value is -2.09. The van der Waals surface area contributed by atoms with Crippen LogP contribution in [-0.2, 0) is 21.2 Å². The molecule has 0 saturated carbocycles. The summed E-state index contributed by atoms with van der Waals surface area (Å²) in [5.74, 6) is 0.00979. The van der Waals surface area contributed by atoms with Crippen LogP contribution >= 0.6 is 11.6 Å². The summed E-state index contributed by atoms with van der Waals surface area (Å²) < 4.78 is 33.4. The number of rotatable bonds is 10. The van der Waals surface area contributed by atoms with Crippen molar-refractivity contribution >= 4 is 27.5 Å². The number of halogens is 1. The van der Waals surface area contributed by atoms with Crippen molar-refractivity contribution in [1.82, 2.24) is 10.0 Å². The Labute approximate surface area is 177 Å². The van der Waals surface area contributed by atoms with Gasteiger partial charge in [0.2, 0.25) is 15.9 Å². The fourth-order valence-corrected chi connectivity index (χ4v) is 4.50. The van der Waals surface area contributed by atoms with Crippen molar-refractivity contribution in [3.8, 4) is 5.75 Å². The average molecular weight is 439 g/mol. The van der Waals surface area contributed by atoms with Gasteiger partial charge >= 0.3 is 0 Å². The van der Waals surface area contributed by atoms with E-state index in [9.17, 15) is 13.2 Å². The molecule has 0 saturated heterocycles. The molecule has 6 nitrogen and oxygen atoms in total. The minimum absolute atomic E-state index is 0.0317. The number of carbonyl (C=O) groups is 1. The summed E-state index contributed by atoms with van der Waals surface area (Å²) >= 11 is 6.07. The molecule has 29 heavy (non-hydrogen) atoms. The third-order valence-electron chi connectivity index (χ3n) is 4.44. The standard InChI is InChI=1S/C21H27ClN2O4S/c1-4-8-15(2)23-21(25)19(13-16-9-6-5-7-10-16)24-29(26,27)17-11-12-20(28-3)18(22)14-17/h5-7,9-12,14-15,19,24H,4,8,13H2,1-3H3,(H,23,25)/t15-,19+/m1/s1. The zero-order valence-electron chi connectivity index (χ0n) is 16.8. The lowest BCUT2D eigenvalue weighted by Crippen LogP contribution is -2.50. The molecule has 0 radical (unpaired) electrons. The number of amides is 1. The van der Waals surface area contributed by atoms with Gasteiger partial charge < -0.3 is 10.1 Å². The maximum atomic E-state index is 12.9. The summed E-state index contributed by atoms with van der Waals surface area (Å²) in [5, 5.41) is 3.07. The predicted molar refractivity (Wildman–Crippen MR) is 115 cm³/mol. The van der Waals surface area contributed by atoms with E-state index in [0.29, 0.717) is 5.75 Å². The molecular formula is C21H27ClN2O4S. The third-order valence-corrected chi connectivity index (χ3v) is 6.21. The van der Waals surface area contributed by atoms with Crippen molar-refractivity contribution in [1.29, 1.82) is 0 Å². The van der Waals surface area contributed by atoms with Gasteiger partial charge in [-0.2, -0.15) is 4.72 Å². The Morgan fingerprint density at radius 2 is 1.86 bits per heavy atom. The molecule has 2 aromatic rings. The minimum Gasteiger partial charge on any atom is -0.495 e. The topological polar surface area (TPSA) is 84.5 Å². The fraction of sp³-hybridized carbons (Fsp3) is 0.381. The summed E-state index contributed by atoms with van der Waals surface area (Å²) in [4.78, 5) is 12.8. The molecule has 0 unspecified atom stereocenters. The lowest BCUT2D eigenvalue weighted by Gasteiger charge is -2.21. The van der Waals surface area contributed by atoms with Crippen LogP contribution in [0, 0.1) is 0 Å². The summed E-state index contributed by atoms with van der Waals surface area (Å²) in [6.45, 7) is 3.93. The van der Waals surface area contributed by atoms with E-state index in [0.717, 1.165) is 18.4 Å². The van der Waals surface area contributed by atoms with Crippen molar-refractivity contribution in [2.45, 2.75) is 50.1 Å². The molecule has 0 aliphatic rings. The first kappa shape index (κ1) is 23.2. The zero-order chi connectivity index (χ0) is 21.4. The molecule has 1 amide bonds. The summed E-state index contributed by atoms with van der Waals surface area (Å²) in [5.41, 5.74) is 0.853. The van der Waals surface area contributed by atoms with Gasteiger partial charge in [-0.05, 0) is 43.5 Å². The Bertz CT molecular complexity index is 920. The normalized spacial score (nSPS) is 13.5. The number of hydrogen-bond donors (Lipinski definition) is 2. The minimum atomic E-state index is -3.97. The number of methoxy groups -OCH3 is 1. The van der Waals surface area contributed by atoms with Gasteiger partial charge in [0.05, 0.1) is 17.0 Å². The van der Waals surface area contributed by atoms with Crippen molar-refractivity contribution in [2.75, 3.05) is 7.11 Å². The molecule has 8 heteroatoms. The predicted octanol–water partition coefficient (Wildman–Crippen LogP) is 3.54. The van der Waals surface area contributed by atoms with Crippen LogP contribution in [0.1, 0.15) is 32.3 Å². The molecule has 0 heterocycles. The van der Waals surface area contributed by atoms with E-state index >= 15 is 0 Å². The molecule has 0 spiro atoms. The Balaban J connectivity index is 2.27. The SMILES string of the molecule is CCC[C@@H](C)NC(=O)[C@H](Cc1ccccc1)NS(=O)(=O)c1ccc(OC)c(Cl)c1. The van der Waals surface area contributed by atoms with Gasteiger partial charge in [0.1, 0.15) is 11.8 Å². The molecule has 0 aliphatic heterocycles. The highest BCUT2D eigenvalue weighted by atomic mass is 35.5. The lowest BCUT2D eigenvalue weighted by molar-refractivity contribution is -0.123.